The highest BCUT2D eigenvalue weighted by Crippen LogP contribution is 2.22. The highest BCUT2D eigenvalue weighted by Gasteiger charge is 2.17. The summed E-state index contributed by atoms with van der Waals surface area (Å²) < 4.78 is 36.8. The predicted octanol–water partition coefficient (Wildman–Crippen LogP) is 0.868. The van der Waals surface area contributed by atoms with E-state index >= 15 is 0 Å². The van der Waals surface area contributed by atoms with Gasteiger partial charge in [0, 0.05) is 29.4 Å². The van der Waals surface area contributed by atoms with E-state index in [0.29, 0.717) is 0 Å². The van der Waals surface area contributed by atoms with Crippen molar-refractivity contribution in [3.8, 4) is 6.07 Å². The molecule has 0 fully saturated rings. The lowest BCUT2D eigenvalue weighted by Gasteiger charge is -2.07. The van der Waals surface area contributed by atoms with Gasteiger partial charge in [0.05, 0.1) is 16.7 Å². The average Bonchev–Trinajstić information content (AvgIpc) is 2.27. The topological polar surface area (TPSA) is 87.0 Å². The second kappa shape index (κ2) is 6.29. The Morgan fingerprint density at radius 3 is 2.67 bits per heavy atom. The van der Waals surface area contributed by atoms with Gasteiger partial charge in [0.1, 0.15) is 4.90 Å². The molecule has 0 radical (unpaired) electrons. The third-order valence-corrected chi connectivity index (χ3v) is 4.76. The molecule has 0 aliphatic rings. The normalized spacial score (nSPS) is 12.9. The van der Waals surface area contributed by atoms with Crippen molar-refractivity contribution in [2.45, 2.75) is 4.90 Å². The van der Waals surface area contributed by atoms with Gasteiger partial charge in [0.25, 0.3) is 0 Å². The van der Waals surface area contributed by atoms with Gasteiger partial charge in [0.15, 0.2) is 0 Å². The second-order valence-electron chi connectivity index (χ2n) is 3.43. The number of nitriles is 1. The summed E-state index contributed by atoms with van der Waals surface area (Å²) in [5.41, 5.74) is 0.286. The first-order valence-electron chi connectivity index (χ1n) is 4.86. The van der Waals surface area contributed by atoms with Crippen LogP contribution in [0.5, 0.6) is 0 Å². The molecule has 8 heteroatoms. The smallest absolute Gasteiger partial charge is 0.242 e. The molecule has 1 unspecified atom stereocenters. The van der Waals surface area contributed by atoms with E-state index in [1.54, 1.807) is 0 Å². The molecule has 98 valence electrons. The number of rotatable bonds is 5. The van der Waals surface area contributed by atoms with Crippen molar-refractivity contribution < 1.29 is 12.6 Å². The van der Waals surface area contributed by atoms with Gasteiger partial charge in [0.2, 0.25) is 10.0 Å². The third kappa shape index (κ3) is 4.07. The van der Waals surface area contributed by atoms with E-state index in [9.17, 15) is 12.6 Å². The number of benzene rings is 1. The summed E-state index contributed by atoms with van der Waals surface area (Å²) in [6, 6.07) is 5.79. The predicted molar refractivity (Wildman–Crippen MR) is 70.3 cm³/mol. The molecule has 0 amide bonds. The zero-order valence-electron chi connectivity index (χ0n) is 9.51. The maximum atomic E-state index is 11.9. The van der Waals surface area contributed by atoms with E-state index in [0.717, 1.165) is 0 Å². The minimum absolute atomic E-state index is 0.0147. The molecule has 1 N–H and O–H groups in total. The van der Waals surface area contributed by atoms with Crippen LogP contribution in [0.2, 0.25) is 5.02 Å². The minimum atomic E-state index is -3.74. The molecule has 1 atom stereocenters. The van der Waals surface area contributed by atoms with Crippen LogP contribution in [0, 0.1) is 11.3 Å². The van der Waals surface area contributed by atoms with E-state index in [2.05, 4.69) is 4.72 Å². The Hall–Kier alpha value is -0.940. The number of halogens is 1. The fraction of sp³-hybridized carbons (Fsp3) is 0.300. The minimum Gasteiger partial charge on any atom is -0.260 e. The summed E-state index contributed by atoms with van der Waals surface area (Å²) in [5.74, 6) is 0.229. The molecule has 0 aliphatic heterocycles. The number of sulfonamides is 1. The Kier molecular flexibility index (Phi) is 5.28. The Morgan fingerprint density at radius 2 is 2.17 bits per heavy atom. The van der Waals surface area contributed by atoms with Gasteiger partial charge in [-0.1, -0.05) is 11.6 Å². The second-order valence-corrected chi connectivity index (χ2v) is 7.13. The van der Waals surface area contributed by atoms with Crippen LogP contribution in [0.4, 0.5) is 0 Å². The Bertz CT molecular complexity index is 608. The first-order chi connectivity index (χ1) is 8.36. The van der Waals surface area contributed by atoms with Crippen LogP contribution in [0.3, 0.4) is 0 Å². The van der Waals surface area contributed by atoms with Crippen LogP contribution >= 0.6 is 11.6 Å². The van der Waals surface area contributed by atoms with Gasteiger partial charge in [-0.05, 0) is 18.2 Å². The molecule has 5 nitrogen and oxygen atoms in total. The summed E-state index contributed by atoms with van der Waals surface area (Å²) in [7, 11) is -4.81. The van der Waals surface area contributed by atoms with Crippen LogP contribution < -0.4 is 4.72 Å². The summed E-state index contributed by atoms with van der Waals surface area (Å²) in [6.07, 6.45) is 1.49. The van der Waals surface area contributed by atoms with Gasteiger partial charge in [-0.25, -0.2) is 13.1 Å². The fourth-order valence-corrected chi connectivity index (χ4v) is 3.28. The Morgan fingerprint density at radius 1 is 1.50 bits per heavy atom. The van der Waals surface area contributed by atoms with E-state index < -0.39 is 20.8 Å². The molecule has 0 heterocycles. The van der Waals surface area contributed by atoms with Crippen molar-refractivity contribution >= 4 is 32.4 Å². The molecule has 1 aromatic rings. The summed E-state index contributed by atoms with van der Waals surface area (Å²) in [4.78, 5) is -0.0925. The van der Waals surface area contributed by atoms with Crippen LogP contribution in [-0.2, 0) is 20.8 Å². The molecule has 0 aromatic heterocycles. The summed E-state index contributed by atoms with van der Waals surface area (Å²) in [5, 5.41) is 8.64. The number of nitrogens with zero attached hydrogens (tertiary/aromatic N) is 1. The molecule has 1 aromatic carbocycles. The molecule has 0 bridgehead atoms. The number of hydrogen-bond donors (Lipinski definition) is 1. The first kappa shape index (κ1) is 15.1. The van der Waals surface area contributed by atoms with Crippen LogP contribution in [0.25, 0.3) is 0 Å². The average molecular weight is 307 g/mol. The van der Waals surface area contributed by atoms with Crippen molar-refractivity contribution in [1.82, 2.24) is 4.72 Å². The highest BCUT2D eigenvalue weighted by molar-refractivity contribution is 7.89. The van der Waals surface area contributed by atoms with Gasteiger partial charge < -0.3 is 0 Å². The zero-order chi connectivity index (χ0) is 13.8. The standard InChI is InChI=1S/C10H11ClN2O3S2/c1-17(14)5-4-13-18(15,16)10-3-2-8(7-12)6-9(10)11/h2-3,6,13H,4-5H2,1H3. The quantitative estimate of drug-likeness (QED) is 0.874. The van der Waals surface area contributed by atoms with Crippen molar-refractivity contribution in [3.05, 3.63) is 28.8 Å². The number of nitrogens with one attached hydrogen (secondary N) is 1. The van der Waals surface area contributed by atoms with Gasteiger partial charge in [-0.15, -0.1) is 0 Å². The number of hydrogen-bond acceptors (Lipinski definition) is 4. The van der Waals surface area contributed by atoms with Crippen LogP contribution in [-0.4, -0.2) is 31.2 Å². The lowest BCUT2D eigenvalue weighted by molar-refractivity contribution is 0.584. The largest absolute Gasteiger partial charge is 0.260 e. The van der Waals surface area contributed by atoms with Crippen molar-refractivity contribution in [1.29, 1.82) is 5.26 Å². The Balaban J connectivity index is 2.92. The molecule has 0 aliphatic carbocycles. The molecule has 18 heavy (non-hydrogen) atoms. The van der Waals surface area contributed by atoms with Crippen molar-refractivity contribution in [2.75, 3.05) is 18.6 Å². The first-order valence-corrected chi connectivity index (χ1v) is 8.45. The van der Waals surface area contributed by atoms with E-state index in [1.165, 1.54) is 24.5 Å². The summed E-state index contributed by atoms with van der Waals surface area (Å²) >= 11 is 5.80. The van der Waals surface area contributed by atoms with Gasteiger partial charge in [-0.2, -0.15) is 5.26 Å². The van der Waals surface area contributed by atoms with Crippen molar-refractivity contribution in [2.24, 2.45) is 0 Å². The van der Waals surface area contributed by atoms with E-state index in [1.807, 2.05) is 6.07 Å². The van der Waals surface area contributed by atoms with Crippen LogP contribution in [0.15, 0.2) is 23.1 Å². The lowest BCUT2D eigenvalue weighted by Crippen LogP contribution is -2.28. The monoisotopic (exact) mass is 306 g/mol. The van der Waals surface area contributed by atoms with Crippen LogP contribution in [0.1, 0.15) is 5.56 Å². The van der Waals surface area contributed by atoms with Gasteiger partial charge >= 0.3 is 0 Å². The van der Waals surface area contributed by atoms with E-state index in [-0.39, 0.29) is 27.8 Å². The molecule has 0 saturated heterocycles. The molecule has 0 saturated carbocycles. The molecule has 0 spiro atoms. The fourth-order valence-electron chi connectivity index (χ4n) is 1.19. The lowest BCUT2D eigenvalue weighted by atomic mass is 10.2. The SMILES string of the molecule is CS(=O)CCNS(=O)(=O)c1ccc(C#N)cc1Cl. The third-order valence-electron chi connectivity index (χ3n) is 2.03. The van der Waals surface area contributed by atoms with Crippen molar-refractivity contribution in [3.63, 3.8) is 0 Å². The molecular weight excluding hydrogens is 296 g/mol. The maximum absolute atomic E-state index is 11.9. The van der Waals surface area contributed by atoms with E-state index in [4.69, 9.17) is 16.9 Å². The Labute approximate surface area is 113 Å². The zero-order valence-corrected chi connectivity index (χ0v) is 11.9. The highest BCUT2D eigenvalue weighted by atomic mass is 35.5. The van der Waals surface area contributed by atoms with Gasteiger partial charge in [-0.3, -0.25) is 4.21 Å². The summed E-state index contributed by atoms with van der Waals surface area (Å²) in [6.45, 7) is 0.0712. The molecule has 1 rings (SSSR count). The maximum Gasteiger partial charge on any atom is 0.242 e. The molecular formula is C10H11ClN2O3S2.